The van der Waals surface area contributed by atoms with Crippen molar-refractivity contribution in [2.24, 2.45) is 0 Å². The quantitative estimate of drug-likeness (QED) is 0.832. The van der Waals surface area contributed by atoms with Gasteiger partial charge < -0.3 is 10.3 Å². The predicted octanol–water partition coefficient (Wildman–Crippen LogP) is 2.03. The monoisotopic (exact) mass is 222 g/mol. The number of rotatable bonds is 4. The van der Waals surface area contributed by atoms with Crippen molar-refractivity contribution < 1.29 is 0 Å². The summed E-state index contributed by atoms with van der Waals surface area (Å²) in [6, 6.07) is 0.485. The largest absolute Gasteiger partial charge is 0.343 e. The van der Waals surface area contributed by atoms with Crippen molar-refractivity contribution in [2.75, 3.05) is 0 Å². The maximum atomic E-state index is 4.49. The van der Waals surface area contributed by atoms with Gasteiger partial charge in [0.15, 0.2) is 10.8 Å². The molecule has 0 fully saturated rings. The van der Waals surface area contributed by atoms with Crippen LogP contribution in [0.25, 0.3) is 10.8 Å². The van der Waals surface area contributed by atoms with Gasteiger partial charge >= 0.3 is 0 Å². The van der Waals surface area contributed by atoms with Gasteiger partial charge in [0.25, 0.3) is 0 Å². The summed E-state index contributed by atoms with van der Waals surface area (Å²) in [5, 5.41) is 6.34. The van der Waals surface area contributed by atoms with Crippen LogP contribution in [0, 0.1) is 0 Å². The van der Waals surface area contributed by atoms with Gasteiger partial charge in [-0.1, -0.05) is 13.8 Å². The fraction of sp³-hybridized carbons (Fsp3) is 0.400. The Morgan fingerprint density at radius 3 is 3.07 bits per heavy atom. The summed E-state index contributed by atoms with van der Waals surface area (Å²) in [4.78, 5) is 11.7. The first-order chi connectivity index (χ1) is 7.25. The molecule has 0 unspecified atom stereocenters. The molecule has 0 saturated carbocycles. The van der Waals surface area contributed by atoms with E-state index in [1.165, 1.54) is 0 Å². The van der Waals surface area contributed by atoms with Gasteiger partial charge in [-0.3, -0.25) is 0 Å². The van der Waals surface area contributed by atoms with Crippen LogP contribution in [-0.4, -0.2) is 21.0 Å². The van der Waals surface area contributed by atoms with Crippen LogP contribution < -0.4 is 5.32 Å². The van der Waals surface area contributed by atoms with E-state index in [1.807, 2.05) is 6.20 Å². The van der Waals surface area contributed by atoms with Crippen molar-refractivity contribution in [3.05, 3.63) is 23.5 Å². The summed E-state index contributed by atoms with van der Waals surface area (Å²) in [6.07, 6.45) is 3.55. The molecule has 0 radical (unpaired) electrons. The predicted molar refractivity (Wildman–Crippen MR) is 61.7 cm³/mol. The second-order valence-electron chi connectivity index (χ2n) is 3.62. The van der Waals surface area contributed by atoms with Crippen molar-refractivity contribution in [3.63, 3.8) is 0 Å². The third kappa shape index (κ3) is 2.64. The fourth-order valence-corrected chi connectivity index (χ4v) is 1.96. The van der Waals surface area contributed by atoms with Gasteiger partial charge in [0.05, 0.1) is 5.69 Å². The van der Waals surface area contributed by atoms with Gasteiger partial charge in [0.1, 0.15) is 0 Å². The molecule has 0 saturated heterocycles. The molecule has 0 aliphatic heterocycles. The van der Waals surface area contributed by atoms with Crippen molar-refractivity contribution in [3.8, 4) is 10.8 Å². The van der Waals surface area contributed by atoms with Crippen LogP contribution in [0.1, 0.15) is 19.5 Å². The van der Waals surface area contributed by atoms with Crippen LogP contribution >= 0.6 is 11.3 Å². The molecule has 2 N–H and O–H groups in total. The lowest BCUT2D eigenvalue weighted by atomic mass is 10.4. The maximum absolute atomic E-state index is 4.49. The van der Waals surface area contributed by atoms with E-state index in [2.05, 4.69) is 39.5 Å². The lowest BCUT2D eigenvalue weighted by Crippen LogP contribution is -2.21. The van der Waals surface area contributed by atoms with E-state index >= 15 is 0 Å². The van der Waals surface area contributed by atoms with Crippen LogP contribution in [0.5, 0.6) is 0 Å². The highest BCUT2D eigenvalue weighted by atomic mass is 32.1. The molecule has 2 rings (SSSR count). The molecule has 15 heavy (non-hydrogen) atoms. The van der Waals surface area contributed by atoms with E-state index in [4.69, 9.17) is 0 Å². The Hall–Kier alpha value is -1.20. The minimum atomic E-state index is 0.485. The number of hydrogen-bond donors (Lipinski definition) is 2. The van der Waals surface area contributed by atoms with E-state index in [-0.39, 0.29) is 0 Å². The second kappa shape index (κ2) is 4.55. The van der Waals surface area contributed by atoms with Crippen LogP contribution in [-0.2, 0) is 6.54 Å². The minimum absolute atomic E-state index is 0.485. The fourth-order valence-electron chi connectivity index (χ4n) is 1.19. The van der Waals surface area contributed by atoms with Gasteiger partial charge in [0, 0.05) is 30.4 Å². The summed E-state index contributed by atoms with van der Waals surface area (Å²) >= 11 is 1.61. The smallest absolute Gasteiger partial charge is 0.166 e. The first-order valence-corrected chi connectivity index (χ1v) is 5.81. The van der Waals surface area contributed by atoms with Crippen molar-refractivity contribution in [2.45, 2.75) is 26.4 Å². The van der Waals surface area contributed by atoms with Gasteiger partial charge in [0.2, 0.25) is 0 Å². The lowest BCUT2D eigenvalue weighted by Gasteiger charge is -2.04. The zero-order valence-electron chi connectivity index (χ0n) is 8.82. The molecule has 0 atom stereocenters. The van der Waals surface area contributed by atoms with Crippen LogP contribution in [0.2, 0.25) is 0 Å². The molecular formula is C10H14N4S. The van der Waals surface area contributed by atoms with E-state index in [0.29, 0.717) is 6.04 Å². The number of nitrogens with zero attached hydrogens (tertiary/aromatic N) is 2. The van der Waals surface area contributed by atoms with Crippen molar-refractivity contribution in [1.82, 2.24) is 20.3 Å². The second-order valence-corrected chi connectivity index (χ2v) is 4.48. The first-order valence-electron chi connectivity index (χ1n) is 4.93. The number of nitrogens with one attached hydrogen (secondary N) is 2. The molecule has 0 aliphatic carbocycles. The van der Waals surface area contributed by atoms with E-state index in [9.17, 15) is 0 Å². The number of aromatic nitrogens is 3. The summed E-state index contributed by atoms with van der Waals surface area (Å²) in [7, 11) is 0. The highest BCUT2D eigenvalue weighted by molar-refractivity contribution is 7.13. The molecule has 0 aliphatic rings. The number of imidazole rings is 1. The van der Waals surface area contributed by atoms with E-state index in [1.54, 1.807) is 17.5 Å². The number of H-pyrrole nitrogens is 1. The van der Waals surface area contributed by atoms with Crippen LogP contribution in [0.3, 0.4) is 0 Å². The summed E-state index contributed by atoms with van der Waals surface area (Å²) in [5.74, 6) is 0.843. The third-order valence-electron chi connectivity index (χ3n) is 1.94. The SMILES string of the molecule is CC(C)NCc1csc(-c2ncc[nH]2)n1. The van der Waals surface area contributed by atoms with Gasteiger partial charge in [-0.2, -0.15) is 0 Å². The normalized spacial score (nSPS) is 11.1. The molecule has 0 amide bonds. The maximum Gasteiger partial charge on any atom is 0.166 e. The topological polar surface area (TPSA) is 53.6 Å². The molecule has 0 aromatic carbocycles. The van der Waals surface area contributed by atoms with Gasteiger partial charge in [-0.05, 0) is 0 Å². The zero-order valence-corrected chi connectivity index (χ0v) is 9.64. The molecule has 80 valence electrons. The zero-order chi connectivity index (χ0) is 10.7. The number of hydrogen-bond acceptors (Lipinski definition) is 4. The Morgan fingerprint density at radius 1 is 1.53 bits per heavy atom. The van der Waals surface area contributed by atoms with Gasteiger partial charge in [-0.25, -0.2) is 9.97 Å². The van der Waals surface area contributed by atoms with E-state index < -0.39 is 0 Å². The number of thiazole rings is 1. The molecule has 2 aromatic rings. The van der Waals surface area contributed by atoms with Crippen molar-refractivity contribution in [1.29, 1.82) is 0 Å². The minimum Gasteiger partial charge on any atom is -0.343 e. The first kappa shape index (κ1) is 10.3. The Morgan fingerprint density at radius 2 is 2.40 bits per heavy atom. The lowest BCUT2D eigenvalue weighted by molar-refractivity contribution is 0.583. The molecule has 5 heteroatoms. The van der Waals surface area contributed by atoms with Crippen LogP contribution in [0.15, 0.2) is 17.8 Å². The molecule has 4 nitrogen and oxygen atoms in total. The summed E-state index contributed by atoms with van der Waals surface area (Å²) in [5.41, 5.74) is 1.07. The average molecular weight is 222 g/mol. The molecule has 0 spiro atoms. The molecule has 2 aromatic heterocycles. The molecular weight excluding hydrogens is 208 g/mol. The van der Waals surface area contributed by atoms with Crippen molar-refractivity contribution >= 4 is 11.3 Å². The molecule has 0 bridgehead atoms. The standard InChI is InChI=1S/C10H14N4S/c1-7(2)13-5-8-6-15-10(14-8)9-11-3-4-12-9/h3-4,6-7,13H,5H2,1-2H3,(H,11,12). The van der Waals surface area contributed by atoms with E-state index in [0.717, 1.165) is 23.1 Å². The Balaban J connectivity index is 2.04. The Kier molecular flexibility index (Phi) is 3.13. The van der Waals surface area contributed by atoms with Crippen LogP contribution in [0.4, 0.5) is 0 Å². The highest BCUT2D eigenvalue weighted by Gasteiger charge is 2.06. The third-order valence-corrected chi connectivity index (χ3v) is 2.84. The Labute approximate surface area is 92.8 Å². The summed E-state index contributed by atoms with van der Waals surface area (Å²) in [6.45, 7) is 5.06. The van der Waals surface area contributed by atoms with Gasteiger partial charge in [-0.15, -0.1) is 11.3 Å². The molecule has 2 heterocycles. The summed E-state index contributed by atoms with van der Waals surface area (Å²) < 4.78 is 0. The average Bonchev–Trinajstić information content (AvgIpc) is 2.85. The number of aromatic amines is 1. The Bertz CT molecular complexity index is 405. The highest BCUT2D eigenvalue weighted by Crippen LogP contribution is 2.19.